The van der Waals surface area contributed by atoms with Gasteiger partial charge in [0, 0.05) is 11.1 Å². The van der Waals surface area contributed by atoms with E-state index in [4.69, 9.17) is 15.2 Å². The van der Waals surface area contributed by atoms with Crippen LogP contribution < -0.4 is 15.2 Å². The molecule has 1 aromatic rings. The van der Waals surface area contributed by atoms with Gasteiger partial charge in [-0.15, -0.1) is 0 Å². The van der Waals surface area contributed by atoms with Gasteiger partial charge >= 0.3 is 0 Å². The molecule has 0 spiro atoms. The number of halogens is 1. The normalized spacial score (nSPS) is 26.4. The number of hydrogen-bond acceptors (Lipinski definition) is 3. The van der Waals surface area contributed by atoms with Crippen molar-refractivity contribution in [2.75, 3.05) is 14.2 Å². The molecular weight excluding hydrogens is 318 g/mol. The summed E-state index contributed by atoms with van der Waals surface area (Å²) < 4.78 is 11.8. The van der Waals surface area contributed by atoms with Gasteiger partial charge in [0.15, 0.2) is 0 Å². The van der Waals surface area contributed by atoms with Crippen LogP contribution >= 0.6 is 15.9 Å². The van der Waals surface area contributed by atoms with Gasteiger partial charge in [-0.25, -0.2) is 0 Å². The average Bonchev–Trinajstić information content (AvgIpc) is 2.47. The van der Waals surface area contributed by atoms with E-state index in [1.807, 2.05) is 6.07 Å². The minimum atomic E-state index is -0.298. The highest BCUT2D eigenvalue weighted by Crippen LogP contribution is 2.48. The Hall–Kier alpha value is -0.740. The molecular formula is C16H24BrNO2. The monoisotopic (exact) mass is 341 g/mol. The molecule has 2 unspecified atom stereocenters. The maximum Gasteiger partial charge on any atom is 0.141 e. The summed E-state index contributed by atoms with van der Waals surface area (Å²) in [5.74, 6) is 2.09. The van der Waals surface area contributed by atoms with E-state index in [1.54, 1.807) is 14.2 Å². The maximum atomic E-state index is 6.83. The average molecular weight is 342 g/mol. The molecule has 0 bridgehead atoms. The summed E-state index contributed by atoms with van der Waals surface area (Å²) >= 11 is 3.58. The van der Waals surface area contributed by atoms with Gasteiger partial charge in [-0.3, -0.25) is 0 Å². The van der Waals surface area contributed by atoms with E-state index in [9.17, 15) is 0 Å². The van der Waals surface area contributed by atoms with E-state index < -0.39 is 0 Å². The fraction of sp³-hybridized carbons (Fsp3) is 0.625. The van der Waals surface area contributed by atoms with Gasteiger partial charge in [0.2, 0.25) is 0 Å². The lowest BCUT2D eigenvalue weighted by atomic mass is 9.68. The van der Waals surface area contributed by atoms with Crippen molar-refractivity contribution in [1.29, 1.82) is 0 Å². The summed E-state index contributed by atoms with van der Waals surface area (Å²) in [7, 11) is 3.35. The molecule has 2 atom stereocenters. The molecule has 4 heteroatoms. The molecule has 0 aromatic heterocycles. The Kier molecular flexibility index (Phi) is 4.97. The largest absolute Gasteiger partial charge is 0.495 e. The second-order valence-corrected chi connectivity index (χ2v) is 6.35. The van der Waals surface area contributed by atoms with E-state index in [2.05, 4.69) is 28.9 Å². The molecule has 1 aliphatic rings. The Morgan fingerprint density at radius 1 is 1.30 bits per heavy atom. The van der Waals surface area contributed by atoms with Crippen molar-refractivity contribution in [3.05, 3.63) is 22.2 Å². The molecule has 2 rings (SSSR count). The standard InChI is InChI=1S/C16H24BrNO2/c1-4-11-7-5-6-10-16(11,18)12-8-9-13(19-2)14(17)15(12)20-3/h8-9,11H,4-7,10,18H2,1-3H3. The Balaban J connectivity index is 2.52. The molecule has 0 aliphatic heterocycles. The molecule has 1 aromatic carbocycles. The summed E-state index contributed by atoms with van der Waals surface area (Å²) in [6.45, 7) is 2.22. The zero-order valence-corrected chi connectivity index (χ0v) is 14.1. The minimum Gasteiger partial charge on any atom is -0.495 e. The van der Waals surface area contributed by atoms with Crippen molar-refractivity contribution in [3.8, 4) is 11.5 Å². The minimum absolute atomic E-state index is 0.298. The van der Waals surface area contributed by atoms with Crippen LogP contribution in [0.5, 0.6) is 11.5 Å². The zero-order chi connectivity index (χ0) is 14.8. The SMILES string of the molecule is CCC1CCCCC1(N)c1ccc(OC)c(Br)c1OC. The molecule has 1 fully saturated rings. The third-order valence-electron chi connectivity index (χ3n) is 4.60. The van der Waals surface area contributed by atoms with Gasteiger partial charge in [-0.1, -0.05) is 26.2 Å². The summed E-state index contributed by atoms with van der Waals surface area (Å²) in [5, 5.41) is 0. The molecule has 0 amide bonds. The van der Waals surface area contributed by atoms with Crippen LogP contribution in [0.15, 0.2) is 16.6 Å². The smallest absolute Gasteiger partial charge is 0.141 e. The van der Waals surface area contributed by atoms with Crippen molar-refractivity contribution >= 4 is 15.9 Å². The molecule has 0 saturated heterocycles. The van der Waals surface area contributed by atoms with E-state index >= 15 is 0 Å². The van der Waals surface area contributed by atoms with Crippen LogP contribution in [-0.4, -0.2) is 14.2 Å². The highest BCUT2D eigenvalue weighted by Gasteiger charge is 2.40. The second kappa shape index (κ2) is 6.35. The first-order valence-electron chi connectivity index (χ1n) is 7.28. The quantitative estimate of drug-likeness (QED) is 0.891. The third-order valence-corrected chi connectivity index (χ3v) is 5.35. The van der Waals surface area contributed by atoms with Crippen molar-refractivity contribution in [3.63, 3.8) is 0 Å². The molecule has 1 aliphatic carbocycles. The van der Waals surface area contributed by atoms with Crippen molar-refractivity contribution < 1.29 is 9.47 Å². The Morgan fingerprint density at radius 2 is 2.05 bits per heavy atom. The predicted molar refractivity (Wildman–Crippen MR) is 85.4 cm³/mol. The molecule has 0 radical (unpaired) electrons. The Labute approximate surface area is 130 Å². The van der Waals surface area contributed by atoms with Crippen molar-refractivity contribution in [1.82, 2.24) is 0 Å². The second-order valence-electron chi connectivity index (χ2n) is 5.55. The van der Waals surface area contributed by atoms with E-state index in [-0.39, 0.29) is 5.54 Å². The number of nitrogens with two attached hydrogens (primary N) is 1. The molecule has 3 nitrogen and oxygen atoms in total. The topological polar surface area (TPSA) is 44.5 Å². The molecule has 112 valence electrons. The predicted octanol–water partition coefficient (Wildman–Crippen LogP) is 4.22. The first kappa shape index (κ1) is 15.6. The van der Waals surface area contributed by atoms with Crippen LogP contribution in [0.4, 0.5) is 0 Å². The maximum absolute atomic E-state index is 6.83. The first-order valence-corrected chi connectivity index (χ1v) is 8.07. The highest BCUT2D eigenvalue weighted by atomic mass is 79.9. The zero-order valence-electron chi connectivity index (χ0n) is 12.5. The van der Waals surface area contributed by atoms with Crippen molar-refractivity contribution in [2.24, 2.45) is 11.7 Å². The van der Waals surface area contributed by atoms with Crippen LogP contribution in [0.3, 0.4) is 0 Å². The number of hydrogen-bond donors (Lipinski definition) is 1. The van der Waals surface area contributed by atoms with Crippen LogP contribution in [0.1, 0.15) is 44.6 Å². The van der Waals surface area contributed by atoms with Gasteiger partial charge in [0.05, 0.1) is 14.2 Å². The van der Waals surface area contributed by atoms with E-state index in [0.29, 0.717) is 5.92 Å². The Morgan fingerprint density at radius 3 is 2.65 bits per heavy atom. The van der Waals surface area contributed by atoms with E-state index in [0.717, 1.165) is 34.4 Å². The molecule has 20 heavy (non-hydrogen) atoms. The molecule has 1 saturated carbocycles. The third kappa shape index (κ3) is 2.56. The summed E-state index contributed by atoms with van der Waals surface area (Å²) in [6.07, 6.45) is 5.76. The fourth-order valence-electron chi connectivity index (χ4n) is 3.45. The lowest BCUT2D eigenvalue weighted by Gasteiger charge is -2.42. The lowest BCUT2D eigenvalue weighted by molar-refractivity contribution is 0.179. The van der Waals surface area contributed by atoms with Gasteiger partial charge in [0.1, 0.15) is 16.0 Å². The van der Waals surface area contributed by atoms with Gasteiger partial charge in [-0.2, -0.15) is 0 Å². The molecule has 2 N–H and O–H groups in total. The van der Waals surface area contributed by atoms with Crippen molar-refractivity contribution in [2.45, 2.75) is 44.6 Å². The van der Waals surface area contributed by atoms with Crippen LogP contribution in [0.2, 0.25) is 0 Å². The van der Waals surface area contributed by atoms with Crippen LogP contribution in [-0.2, 0) is 5.54 Å². The Bertz CT molecular complexity index is 478. The summed E-state index contributed by atoms with van der Waals surface area (Å²) in [4.78, 5) is 0. The summed E-state index contributed by atoms with van der Waals surface area (Å²) in [5.41, 5.74) is 7.63. The van der Waals surface area contributed by atoms with Crippen LogP contribution in [0, 0.1) is 5.92 Å². The van der Waals surface area contributed by atoms with E-state index in [1.165, 1.54) is 19.3 Å². The summed E-state index contributed by atoms with van der Waals surface area (Å²) in [6, 6.07) is 4.04. The number of ether oxygens (including phenoxy) is 2. The van der Waals surface area contributed by atoms with Gasteiger partial charge in [0.25, 0.3) is 0 Å². The number of benzene rings is 1. The van der Waals surface area contributed by atoms with Gasteiger partial charge < -0.3 is 15.2 Å². The first-order chi connectivity index (χ1) is 9.58. The number of methoxy groups -OCH3 is 2. The fourth-order valence-corrected chi connectivity index (χ4v) is 4.12. The highest BCUT2D eigenvalue weighted by molar-refractivity contribution is 9.10. The number of rotatable bonds is 4. The molecule has 0 heterocycles. The lowest BCUT2D eigenvalue weighted by Crippen LogP contribution is -2.46. The van der Waals surface area contributed by atoms with Crippen LogP contribution in [0.25, 0.3) is 0 Å². The van der Waals surface area contributed by atoms with Gasteiger partial charge in [-0.05, 0) is 46.8 Å².